The van der Waals surface area contributed by atoms with E-state index in [1.807, 2.05) is 31.2 Å². The molecule has 1 fully saturated rings. The lowest BCUT2D eigenvalue weighted by Gasteiger charge is -2.38. The number of aromatic nitrogens is 2. The number of aromatic amines is 1. The van der Waals surface area contributed by atoms with E-state index >= 15 is 0 Å². The number of amides is 1. The van der Waals surface area contributed by atoms with Gasteiger partial charge >= 0.3 is 0 Å². The van der Waals surface area contributed by atoms with E-state index in [1.54, 1.807) is 6.20 Å². The molecule has 0 radical (unpaired) electrons. The van der Waals surface area contributed by atoms with Gasteiger partial charge in [-0.3, -0.25) is 4.79 Å². The monoisotopic (exact) mass is 391 g/mol. The van der Waals surface area contributed by atoms with Crippen molar-refractivity contribution >= 4 is 15.7 Å². The number of carbonyl (C=O) groups is 1. The van der Waals surface area contributed by atoms with Gasteiger partial charge in [-0.05, 0) is 32.3 Å². The van der Waals surface area contributed by atoms with E-state index in [9.17, 15) is 18.3 Å². The second-order valence-corrected chi connectivity index (χ2v) is 9.62. The van der Waals surface area contributed by atoms with Crippen LogP contribution in [0, 0.1) is 6.92 Å². The summed E-state index contributed by atoms with van der Waals surface area (Å²) in [5, 5.41) is 8.86. The fourth-order valence-corrected chi connectivity index (χ4v) is 3.78. The molecule has 1 aromatic carbocycles. The van der Waals surface area contributed by atoms with Gasteiger partial charge in [-0.25, -0.2) is 13.4 Å². The van der Waals surface area contributed by atoms with Gasteiger partial charge in [0.15, 0.2) is 9.84 Å². The van der Waals surface area contributed by atoms with Crippen LogP contribution in [0.3, 0.4) is 0 Å². The van der Waals surface area contributed by atoms with Crippen LogP contribution in [-0.4, -0.2) is 58.5 Å². The first-order valence-electron chi connectivity index (χ1n) is 8.96. The normalized spacial score (nSPS) is 21.9. The second kappa shape index (κ2) is 7.44. The minimum atomic E-state index is -3.52. The average Bonchev–Trinajstić information content (AvgIpc) is 3.10. The summed E-state index contributed by atoms with van der Waals surface area (Å²) in [5.41, 5.74) is 2.98. The first-order chi connectivity index (χ1) is 12.7. The Hall–Kier alpha value is -2.19. The van der Waals surface area contributed by atoms with Crippen LogP contribution in [0.5, 0.6) is 0 Å². The number of aryl methyl sites for hydroxylation is 1. The molecule has 27 heavy (non-hydrogen) atoms. The van der Waals surface area contributed by atoms with Crippen LogP contribution in [-0.2, 0) is 14.6 Å². The van der Waals surface area contributed by atoms with Gasteiger partial charge in [-0.2, -0.15) is 0 Å². The maximum Gasteiger partial charge on any atom is 0.241 e. The van der Waals surface area contributed by atoms with Crippen molar-refractivity contribution < 1.29 is 18.3 Å². The van der Waals surface area contributed by atoms with Crippen LogP contribution < -0.4 is 0 Å². The predicted octanol–water partition coefficient (Wildman–Crippen LogP) is 1.84. The standard InChI is InChI=1S/C19H25N3O4S/c1-12-4-6-14(7-5-12)16-10-20-18(21-16)17-9-8-15(23)11-22(17)19(24)13(2)27(3,25)26/h4-7,10,13,15,17,23H,8-9,11H2,1-3H3,(H,20,21). The first-order valence-corrected chi connectivity index (χ1v) is 10.9. The van der Waals surface area contributed by atoms with Crippen molar-refractivity contribution in [2.45, 2.75) is 44.1 Å². The number of piperidine rings is 1. The third kappa shape index (κ3) is 4.22. The number of imidazole rings is 1. The number of hydrogen-bond donors (Lipinski definition) is 2. The van der Waals surface area contributed by atoms with E-state index in [2.05, 4.69) is 9.97 Å². The summed E-state index contributed by atoms with van der Waals surface area (Å²) in [6.45, 7) is 3.50. The molecule has 2 N–H and O–H groups in total. The van der Waals surface area contributed by atoms with Crippen LogP contribution in [0.1, 0.15) is 37.2 Å². The molecular formula is C19H25N3O4S. The summed E-state index contributed by atoms with van der Waals surface area (Å²) < 4.78 is 23.6. The van der Waals surface area contributed by atoms with E-state index < -0.39 is 27.1 Å². The molecule has 2 heterocycles. The van der Waals surface area contributed by atoms with Crippen molar-refractivity contribution in [2.24, 2.45) is 0 Å². The number of nitrogens with one attached hydrogen (secondary N) is 1. The zero-order valence-electron chi connectivity index (χ0n) is 15.7. The number of aliphatic hydroxyl groups excluding tert-OH is 1. The van der Waals surface area contributed by atoms with Crippen LogP contribution in [0.15, 0.2) is 30.5 Å². The van der Waals surface area contributed by atoms with Gasteiger partial charge in [0.25, 0.3) is 0 Å². The Bertz CT molecular complexity index is 921. The minimum Gasteiger partial charge on any atom is -0.391 e. The zero-order valence-corrected chi connectivity index (χ0v) is 16.5. The molecule has 8 heteroatoms. The molecule has 2 aromatic rings. The van der Waals surface area contributed by atoms with Crippen molar-refractivity contribution in [3.63, 3.8) is 0 Å². The van der Waals surface area contributed by atoms with Gasteiger partial charge in [0.05, 0.1) is 24.0 Å². The highest BCUT2D eigenvalue weighted by atomic mass is 32.2. The Morgan fingerprint density at radius 1 is 1.30 bits per heavy atom. The lowest BCUT2D eigenvalue weighted by molar-refractivity contribution is -0.137. The molecule has 0 saturated carbocycles. The quantitative estimate of drug-likeness (QED) is 0.828. The van der Waals surface area contributed by atoms with Gasteiger partial charge in [-0.1, -0.05) is 29.8 Å². The van der Waals surface area contributed by atoms with Crippen LogP contribution in [0.25, 0.3) is 11.3 Å². The SMILES string of the molecule is Cc1ccc(-c2cnc(C3CCC(O)CN3C(=O)C(C)S(C)(=O)=O)[nH]2)cc1. The highest BCUT2D eigenvalue weighted by molar-refractivity contribution is 7.92. The van der Waals surface area contributed by atoms with Gasteiger partial charge in [0.1, 0.15) is 11.1 Å². The van der Waals surface area contributed by atoms with Gasteiger partial charge < -0.3 is 15.0 Å². The molecule has 1 aliphatic heterocycles. The van der Waals surface area contributed by atoms with Gasteiger partial charge in [0.2, 0.25) is 5.91 Å². The number of H-pyrrole nitrogens is 1. The molecule has 1 aliphatic rings. The molecular weight excluding hydrogens is 366 g/mol. The Morgan fingerprint density at radius 2 is 1.96 bits per heavy atom. The van der Waals surface area contributed by atoms with E-state index in [4.69, 9.17) is 0 Å². The average molecular weight is 391 g/mol. The van der Waals surface area contributed by atoms with E-state index in [1.165, 1.54) is 11.8 Å². The lowest BCUT2D eigenvalue weighted by Crippen LogP contribution is -2.49. The van der Waals surface area contributed by atoms with Gasteiger partial charge in [0, 0.05) is 12.8 Å². The molecule has 3 rings (SSSR count). The van der Waals surface area contributed by atoms with Crippen LogP contribution in [0.2, 0.25) is 0 Å². The number of aliphatic hydroxyl groups is 1. The second-order valence-electron chi connectivity index (χ2n) is 7.26. The molecule has 0 spiro atoms. The van der Waals surface area contributed by atoms with Crippen LogP contribution in [0.4, 0.5) is 0 Å². The van der Waals surface area contributed by atoms with Crippen LogP contribution >= 0.6 is 0 Å². The largest absolute Gasteiger partial charge is 0.391 e. The molecule has 1 saturated heterocycles. The fraction of sp³-hybridized carbons (Fsp3) is 0.474. The lowest BCUT2D eigenvalue weighted by atomic mass is 9.99. The van der Waals surface area contributed by atoms with Gasteiger partial charge in [-0.15, -0.1) is 0 Å². The molecule has 1 aromatic heterocycles. The van der Waals surface area contributed by atoms with Crippen molar-refractivity contribution in [2.75, 3.05) is 12.8 Å². The van der Waals surface area contributed by atoms with Crippen molar-refractivity contribution in [3.05, 3.63) is 41.9 Å². The Morgan fingerprint density at radius 3 is 2.59 bits per heavy atom. The summed E-state index contributed by atoms with van der Waals surface area (Å²) in [6.07, 6.45) is 3.15. The Labute approximate surface area is 159 Å². The van der Waals surface area contributed by atoms with Crippen molar-refractivity contribution in [1.29, 1.82) is 0 Å². The number of β-amino-alcohol motifs (C(OH)–C–C–N with tert-alkyl or cyclic N) is 1. The van der Waals surface area contributed by atoms with E-state index in [0.717, 1.165) is 23.1 Å². The summed E-state index contributed by atoms with van der Waals surface area (Å²) in [4.78, 5) is 21.9. The molecule has 1 amide bonds. The summed E-state index contributed by atoms with van der Waals surface area (Å²) in [7, 11) is -3.52. The summed E-state index contributed by atoms with van der Waals surface area (Å²) in [6, 6.07) is 7.62. The number of sulfone groups is 1. The maximum absolute atomic E-state index is 12.8. The molecule has 0 bridgehead atoms. The fourth-order valence-electron chi connectivity index (χ4n) is 3.28. The number of hydrogen-bond acceptors (Lipinski definition) is 5. The van der Waals surface area contributed by atoms with E-state index in [0.29, 0.717) is 18.7 Å². The Kier molecular flexibility index (Phi) is 5.39. The zero-order chi connectivity index (χ0) is 19.8. The van der Waals surface area contributed by atoms with Crippen molar-refractivity contribution in [3.8, 4) is 11.3 Å². The minimum absolute atomic E-state index is 0.101. The predicted molar refractivity (Wildman–Crippen MR) is 103 cm³/mol. The third-order valence-corrected chi connectivity index (χ3v) is 6.59. The maximum atomic E-state index is 12.8. The highest BCUT2D eigenvalue weighted by Gasteiger charge is 2.38. The Balaban J connectivity index is 1.89. The number of rotatable bonds is 4. The molecule has 3 atom stereocenters. The third-order valence-electron chi connectivity index (χ3n) is 5.10. The molecule has 0 aliphatic carbocycles. The topological polar surface area (TPSA) is 103 Å². The summed E-state index contributed by atoms with van der Waals surface area (Å²) >= 11 is 0. The number of carbonyl (C=O) groups excluding carboxylic acids is 1. The van der Waals surface area contributed by atoms with E-state index in [-0.39, 0.29) is 12.6 Å². The first kappa shape index (κ1) is 19.6. The number of nitrogens with zero attached hydrogens (tertiary/aromatic N) is 2. The smallest absolute Gasteiger partial charge is 0.241 e. The van der Waals surface area contributed by atoms with Crippen molar-refractivity contribution in [1.82, 2.24) is 14.9 Å². The number of likely N-dealkylation sites (tertiary alicyclic amines) is 1. The summed E-state index contributed by atoms with van der Waals surface area (Å²) in [5.74, 6) is 0.0982. The molecule has 146 valence electrons. The number of benzene rings is 1. The molecule has 3 unspecified atom stereocenters. The highest BCUT2D eigenvalue weighted by Crippen LogP contribution is 2.32. The molecule has 7 nitrogen and oxygen atoms in total.